The van der Waals surface area contributed by atoms with Gasteiger partial charge in [0.05, 0.1) is 23.7 Å². The van der Waals surface area contributed by atoms with Crippen molar-refractivity contribution in [2.24, 2.45) is 5.92 Å². The van der Waals surface area contributed by atoms with Gasteiger partial charge in [0.15, 0.2) is 9.84 Å². The number of oxazole rings is 1. The van der Waals surface area contributed by atoms with Crippen LogP contribution in [0.5, 0.6) is 0 Å². The van der Waals surface area contributed by atoms with Crippen LogP contribution in [0.3, 0.4) is 0 Å². The highest BCUT2D eigenvalue weighted by molar-refractivity contribution is 7.91. The maximum atomic E-state index is 12.5. The third-order valence-corrected chi connectivity index (χ3v) is 7.39. The summed E-state index contributed by atoms with van der Waals surface area (Å²) < 4.78 is 28.8. The Balaban J connectivity index is 1.25. The van der Waals surface area contributed by atoms with Crippen molar-refractivity contribution in [3.05, 3.63) is 42.3 Å². The van der Waals surface area contributed by atoms with Crippen molar-refractivity contribution < 1.29 is 17.6 Å². The van der Waals surface area contributed by atoms with Gasteiger partial charge in [-0.05, 0) is 44.5 Å². The molecule has 8 heteroatoms. The lowest BCUT2D eigenvalue weighted by atomic mass is 9.94. The minimum absolute atomic E-state index is 0.0305. The number of carbonyl (C=O) groups excluding carboxylic acids is 1. The first kappa shape index (κ1) is 19.1. The zero-order chi connectivity index (χ0) is 19.6. The van der Waals surface area contributed by atoms with Crippen molar-refractivity contribution in [1.29, 1.82) is 0 Å². The molecule has 0 saturated carbocycles. The van der Waals surface area contributed by atoms with E-state index in [4.69, 9.17) is 4.42 Å². The van der Waals surface area contributed by atoms with Crippen molar-refractivity contribution in [3.8, 4) is 11.5 Å². The quantitative estimate of drug-likeness (QED) is 0.819. The maximum Gasteiger partial charge on any atom is 0.226 e. The summed E-state index contributed by atoms with van der Waals surface area (Å²) in [5, 5.41) is 2.96. The second kappa shape index (κ2) is 8.05. The maximum absolute atomic E-state index is 12.5. The Hall–Kier alpha value is -2.19. The lowest BCUT2D eigenvalue weighted by Crippen LogP contribution is -2.45. The molecule has 7 nitrogen and oxygen atoms in total. The highest BCUT2D eigenvalue weighted by Gasteiger charge is 2.35. The summed E-state index contributed by atoms with van der Waals surface area (Å²) in [4.78, 5) is 19.2. The standard InChI is InChI=1S/C20H25N3O4S/c24-19(15-6-9-23(10-7-15)18-8-11-28(25,26)14-18)21-12-17-13-27-20(22-17)16-4-2-1-3-5-16/h1-5,13,15,18H,6-12,14H2,(H,21,24)/t18-/m1/s1. The van der Waals surface area contributed by atoms with E-state index in [9.17, 15) is 13.2 Å². The number of benzene rings is 1. The summed E-state index contributed by atoms with van der Waals surface area (Å²) in [6, 6.07) is 9.77. The molecule has 1 aromatic heterocycles. The highest BCUT2D eigenvalue weighted by atomic mass is 32.2. The molecule has 2 aliphatic rings. The van der Waals surface area contributed by atoms with Gasteiger partial charge in [-0.15, -0.1) is 0 Å². The molecule has 2 aromatic rings. The van der Waals surface area contributed by atoms with Crippen LogP contribution < -0.4 is 5.32 Å². The first-order valence-electron chi connectivity index (χ1n) is 9.72. The lowest BCUT2D eigenvalue weighted by Gasteiger charge is -2.34. The molecule has 1 aromatic carbocycles. The Bertz CT molecular complexity index is 918. The lowest BCUT2D eigenvalue weighted by molar-refractivity contribution is -0.126. The van der Waals surface area contributed by atoms with Crippen molar-refractivity contribution in [1.82, 2.24) is 15.2 Å². The SMILES string of the molecule is O=C(NCc1coc(-c2ccccc2)n1)C1CCN([C@@H]2CCS(=O)(=O)C2)CC1. The van der Waals surface area contributed by atoms with E-state index in [2.05, 4.69) is 15.2 Å². The molecule has 2 fully saturated rings. The van der Waals surface area contributed by atoms with Crippen LogP contribution in [0.25, 0.3) is 11.5 Å². The molecule has 0 bridgehead atoms. The van der Waals surface area contributed by atoms with E-state index in [1.54, 1.807) is 6.26 Å². The summed E-state index contributed by atoms with van der Waals surface area (Å²) in [6.07, 6.45) is 3.81. The summed E-state index contributed by atoms with van der Waals surface area (Å²) in [7, 11) is -2.87. The number of aromatic nitrogens is 1. The Morgan fingerprint density at radius 1 is 1.18 bits per heavy atom. The van der Waals surface area contributed by atoms with Gasteiger partial charge in [-0.3, -0.25) is 9.69 Å². The van der Waals surface area contributed by atoms with Crippen molar-refractivity contribution >= 4 is 15.7 Å². The van der Waals surface area contributed by atoms with Gasteiger partial charge in [0.2, 0.25) is 11.8 Å². The summed E-state index contributed by atoms with van der Waals surface area (Å²) in [5.74, 6) is 1.10. The van der Waals surface area contributed by atoms with Crippen LogP contribution in [0.2, 0.25) is 0 Å². The first-order chi connectivity index (χ1) is 13.5. The summed E-state index contributed by atoms with van der Waals surface area (Å²) in [6.45, 7) is 1.90. The number of hydrogen-bond acceptors (Lipinski definition) is 6. The molecule has 2 aliphatic heterocycles. The number of nitrogens with one attached hydrogen (secondary N) is 1. The molecule has 3 heterocycles. The van der Waals surface area contributed by atoms with Gasteiger partial charge in [-0.1, -0.05) is 18.2 Å². The van der Waals surface area contributed by atoms with Crippen molar-refractivity contribution in [2.45, 2.75) is 31.8 Å². The van der Waals surface area contributed by atoms with E-state index in [0.717, 1.165) is 37.9 Å². The van der Waals surface area contributed by atoms with Crippen LogP contribution in [-0.2, 0) is 21.2 Å². The van der Waals surface area contributed by atoms with Gasteiger partial charge >= 0.3 is 0 Å². The van der Waals surface area contributed by atoms with E-state index >= 15 is 0 Å². The second-order valence-electron chi connectivity index (χ2n) is 7.59. The van der Waals surface area contributed by atoms with E-state index in [0.29, 0.717) is 23.9 Å². The average Bonchev–Trinajstić information content (AvgIpc) is 3.33. The number of hydrogen-bond donors (Lipinski definition) is 1. The molecule has 4 rings (SSSR count). The fraction of sp³-hybridized carbons (Fsp3) is 0.500. The molecule has 1 N–H and O–H groups in total. The number of sulfone groups is 1. The van der Waals surface area contributed by atoms with Gasteiger partial charge in [0.25, 0.3) is 0 Å². The minimum Gasteiger partial charge on any atom is -0.444 e. The number of likely N-dealkylation sites (tertiary alicyclic amines) is 1. The van der Waals surface area contributed by atoms with Gasteiger partial charge < -0.3 is 9.73 Å². The number of nitrogens with zero attached hydrogens (tertiary/aromatic N) is 2. The molecule has 1 atom stereocenters. The van der Waals surface area contributed by atoms with E-state index < -0.39 is 9.84 Å². The molecule has 28 heavy (non-hydrogen) atoms. The van der Waals surface area contributed by atoms with Crippen LogP contribution in [-0.4, -0.2) is 54.8 Å². The zero-order valence-electron chi connectivity index (χ0n) is 15.7. The predicted octanol–water partition coefficient (Wildman–Crippen LogP) is 1.86. The predicted molar refractivity (Wildman–Crippen MR) is 105 cm³/mol. The van der Waals surface area contributed by atoms with Crippen LogP contribution in [0, 0.1) is 5.92 Å². The van der Waals surface area contributed by atoms with Gasteiger partial charge in [0, 0.05) is 17.5 Å². The summed E-state index contributed by atoms with van der Waals surface area (Å²) >= 11 is 0. The first-order valence-corrected chi connectivity index (χ1v) is 11.5. The molecule has 0 radical (unpaired) electrons. The van der Waals surface area contributed by atoms with Crippen molar-refractivity contribution in [2.75, 3.05) is 24.6 Å². The van der Waals surface area contributed by atoms with Crippen LogP contribution >= 0.6 is 0 Å². The fourth-order valence-electron chi connectivity index (χ4n) is 4.01. The highest BCUT2D eigenvalue weighted by Crippen LogP contribution is 2.25. The smallest absolute Gasteiger partial charge is 0.226 e. The van der Waals surface area contributed by atoms with Crippen molar-refractivity contribution in [3.63, 3.8) is 0 Å². The molecule has 150 valence electrons. The topological polar surface area (TPSA) is 92.5 Å². The monoisotopic (exact) mass is 403 g/mol. The third-order valence-electron chi connectivity index (χ3n) is 5.64. The molecule has 0 spiro atoms. The van der Waals surface area contributed by atoms with E-state index in [-0.39, 0.29) is 23.6 Å². The van der Waals surface area contributed by atoms with Gasteiger partial charge in [-0.25, -0.2) is 13.4 Å². The molecule has 0 unspecified atom stereocenters. The molecule has 2 saturated heterocycles. The number of rotatable bonds is 5. The largest absolute Gasteiger partial charge is 0.444 e. The van der Waals surface area contributed by atoms with E-state index in [1.165, 1.54) is 0 Å². The Morgan fingerprint density at radius 3 is 2.61 bits per heavy atom. The number of carbonyl (C=O) groups is 1. The molecular weight excluding hydrogens is 378 g/mol. The summed E-state index contributed by atoms with van der Waals surface area (Å²) in [5.41, 5.74) is 1.60. The Morgan fingerprint density at radius 2 is 1.93 bits per heavy atom. The number of amides is 1. The van der Waals surface area contributed by atoms with E-state index in [1.807, 2.05) is 30.3 Å². The minimum atomic E-state index is -2.87. The zero-order valence-corrected chi connectivity index (χ0v) is 16.5. The average molecular weight is 404 g/mol. The molecule has 0 aliphatic carbocycles. The van der Waals surface area contributed by atoms with Gasteiger partial charge in [0.1, 0.15) is 6.26 Å². The van der Waals surface area contributed by atoms with Crippen LogP contribution in [0.15, 0.2) is 41.0 Å². The van der Waals surface area contributed by atoms with Crippen LogP contribution in [0.4, 0.5) is 0 Å². The third kappa shape index (κ3) is 4.44. The van der Waals surface area contributed by atoms with Crippen LogP contribution in [0.1, 0.15) is 25.0 Å². The molecular formula is C20H25N3O4S. The Kier molecular flexibility index (Phi) is 5.50. The number of piperidine rings is 1. The Labute approximate surface area is 165 Å². The second-order valence-corrected chi connectivity index (χ2v) is 9.82. The normalized spacial score (nSPS) is 22.9. The fourth-order valence-corrected chi connectivity index (χ4v) is 5.78. The molecule has 1 amide bonds. The van der Waals surface area contributed by atoms with Gasteiger partial charge in [-0.2, -0.15) is 0 Å².